The standard InChI is InChI=1S/C15H29N5O/c1-7-9-16-13-18-14(17-12(6)11(5)8-2)20-15(19-13)21-10(3)4/h10-12H,7-9H2,1-6H3,(H2,16,17,18,19,20). The summed E-state index contributed by atoms with van der Waals surface area (Å²) < 4.78 is 5.60. The fourth-order valence-corrected chi connectivity index (χ4v) is 1.70. The van der Waals surface area contributed by atoms with Crippen molar-refractivity contribution in [3.05, 3.63) is 0 Å². The lowest BCUT2D eigenvalue weighted by atomic mass is 10.0. The van der Waals surface area contributed by atoms with Gasteiger partial charge in [0.25, 0.3) is 0 Å². The van der Waals surface area contributed by atoms with Gasteiger partial charge in [-0.3, -0.25) is 0 Å². The Morgan fingerprint density at radius 2 is 1.67 bits per heavy atom. The second kappa shape index (κ2) is 8.64. The molecule has 1 heterocycles. The van der Waals surface area contributed by atoms with Crippen molar-refractivity contribution in [1.82, 2.24) is 15.0 Å². The summed E-state index contributed by atoms with van der Waals surface area (Å²) in [6.45, 7) is 13.4. The van der Waals surface area contributed by atoms with E-state index in [1.807, 2.05) is 13.8 Å². The van der Waals surface area contributed by atoms with E-state index in [9.17, 15) is 0 Å². The van der Waals surface area contributed by atoms with Gasteiger partial charge in [0, 0.05) is 12.6 Å². The molecule has 0 saturated heterocycles. The highest BCUT2D eigenvalue weighted by Gasteiger charge is 2.14. The normalized spacial score (nSPS) is 13.9. The summed E-state index contributed by atoms with van der Waals surface area (Å²) in [5.74, 6) is 1.66. The molecule has 0 fully saturated rings. The zero-order valence-electron chi connectivity index (χ0n) is 14.1. The van der Waals surface area contributed by atoms with E-state index in [0.717, 1.165) is 19.4 Å². The SMILES string of the molecule is CCCNc1nc(NC(C)C(C)CC)nc(OC(C)C)n1. The van der Waals surface area contributed by atoms with E-state index in [4.69, 9.17) is 4.74 Å². The second-order valence-corrected chi connectivity index (χ2v) is 5.68. The van der Waals surface area contributed by atoms with Gasteiger partial charge in [-0.15, -0.1) is 0 Å². The molecular weight excluding hydrogens is 266 g/mol. The molecule has 2 atom stereocenters. The van der Waals surface area contributed by atoms with Crippen LogP contribution >= 0.6 is 0 Å². The summed E-state index contributed by atoms with van der Waals surface area (Å²) in [5.41, 5.74) is 0. The van der Waals surface area contributed by atoms with Crippen molar-refractivity contribution in [3.63, 3.8) is 0 Å². The monoisotopic (exact) mass is 295 g/mol. The van der Waals surface area contributed by atoms with Gasteiger partial charge in [0.2, 0.25) is 11.9 Å². The van der Waals surface area contributed by atoms with Gasteiger partial charge in [0.1, 0.15) is 0 Å². The quantitative estimate of drug-likeness (QED) is 0.728. The predicted octanol–water partition coefficient (Wildman–Crippen LogP) is 3.33. The molecule has 1 rings (SSSR count). The number of anilines is 2. The van der Waals surface area contributed by atoms with E-state index in [1.54, 1.807) is 0 Å². The van der Waals surface area contributed by atoms with Gasteiger partial charge in [-0.25, -0.2) is 0 Å². The molecule has 0 aliphatic heterocycles. The molecular formula is C15H29N5O. The first kappa shape index (κ1) is 17.5. The summed E-state index contributed by atoms with van der Waals surface area (Å²) in [6.07, 6.45) is 2.15. The molecule has 2 N–H and O–H groups in total. The van der Waals surface area contributed by atoms with E-state index in [0.29, 0.717) is 29.9 Å². The highest BCUT2D eigenvalue weighted by molar-refractivity contribution is 5.36. The number of nitrogens with one attached hydrogen (secondary N) is 2. The molecule has 0 aromatic carbocycles. The Labute approximate surface area is 128 Å². The van der Waals surface area contributed by atoms with Gasteiger partial charge in [-0.05, 0) is 33.1 Å². The van der Waals surface area contributed by atoms with Crippen molar-refractivity contribution in [2.45, 2.75) is 66.5 Å². The lowest BCUT2D eigenvalue weighted by Crippen LogP contribution is -2.25. The van der Waals surface area contributed by atoms with E-state index in [-0.39, 0.29) is 6.10 Å². The Morgan fingerprint density at radius 3 is 2.24 bits per heavy atom. The minimum atomic E-state index is 0.0336. The van der Waals surface area contributed by atoms with Crippen LogP contribution in [0.3, 0.4) is 0 Å². The van der Waals surface area contributed by atoms with E-state index >= 15 is 0 Å². The average molecular weight is 295 g/mol. The molecule has 21 heavy (non-hydrogen) atoms. The van der Waals surface area contributed by atoms with Crippen LogP contribution in [-0.2, 0) is 0 Å². The van der Waals surface area contributed by atoms with Crippen LogP contribution < -0.4 is 15.4 Å². The average Bonchev–Trinajstić information content (AvgIpc) is 2.43. The Kier molecular flexibility index (Phi) is 7.19. The molecule has 6 heteroatoms. The molecule has 2 unspecified atom stereocenters. The van der Waals surface area contributed by atoms with Gasteiger partial charge < -0.3 is 15.4 Å². The van der Waals surface area contributed by atoms with Crippen LogP contribution in [0.2, 0.25) is 0 Å². The summed E-state index contributed by atoms with van der Waals surface area (Å²) in [6, 6.07) is 0.653. The lowest BCUT2D eigenvalue weighted by Gasteiger charge is -2.20. The minimum absolute atomic E-state index is 0.0336. The molecule has 0 amide bonds. The number of hydrogen-bond acceptors (Lipinski definition) is 6. The maximum atomic E-state index is 5.60. The van der Waals surface area contributed by atoms with Crippen molar-refractivity contribution in [2.24, 2.45) is 5.92 Å². The first-order valence-corrected chi connectivity index (χ1v) is 7.89. The third-order valence-corrected chi connectivity index (χ3v) is 3.34. The Hall–Kier alpha value is -1.59. The van der Waals surface area contributed by atoms with Crippen molar-refractivity contribution in [1.29, 1.82) is 0 Å². The molecule has 6 nitrogen and oxygen atoms in total. The maximum Gasteiger partial charge on any atom is 0.323 e. The van der Waals surface area contributed by atoms with Crippen LogP contribution in [0.1, 0.15) is 54.4 Å². The Bertz CT molecular complexity index is 425. The van der Waals surface area contributed by atoms with Crippen LogP contribution in [0.5, 0.6) is 6.01 Å². The molecule has 0 radical (unpaired) electrons. The number of nitrogens with zero attached hydrogens (tertiary/aromatic N) is 3. The fourth-order valence-electron chi connectivity index (χ4n) is 1.70. The fraction of sp³-hybridized carbons (Fsp3) is 0.800. The largest absolute Gasteiger partial charge is 0.461 e. The van der Waals surface area contributed by atoms with Gasteiger partial charge >= 0.3 is 6.01 Å². The van der Waals surface area contributed by atoms with Crippen LogP contribution in [0, 0.1) is 5.92 Å². The highest BCUT2D eigenvalue weighted by Crippen LogP contribution is 2.16. The number of aromatic nitrogens is 3. The summed E-state index contributed by atoms with van der Waals surface area (Å²) >= 11 is 0. The van der Waals surface area contributed by atoms with Gasteiger partial charge in [0.15, 0.2) is 0 Å². The van der Waals surface area contributed by atoms with Gasteiger partial charge in [0.05, 0.1) is 6.10 Å². The van der Waals surface area contributed by atoms with Crippen LogP contribution in [0.4, 0.5) is 11.9 Å². The first-order chi connectivity index (χ1) is 9.96. The van der Waals surface area contributed by atoms with Crippen molar-refractivity contribution >= 4 is 11.9 Å². The van der Waals surface area contributed by atoms with Crippen LogP contribution in [0.15, 0.2) is 0 Å². The Morgan fingerprint density at radius 1 is 1.00 bits per heavy atom. The van der Waals surface area contributed by atoms with Crippen molar-refractivity contribution in [2.75, 3.05) is 17.2 Å². The summed E-state index contributed by atoms with van der Waals surface area (Å²) in [4.78, 5) is 13.0. The van der Waals surface area contributed by atoms with E-state index in [1.165, 1.54) is 0 Å². The molecule has 120 valence electrons. The predicted molar refractivity (Wildman–Crippen MR) is 86.9 cm³/mol. The number of rotatable bonds is 9. The topological polar surface area (TPSA) is 72.0 Å². The third-order valence-electron chi connectivity index (χ3n) is 3.34. The smallest absolute Gasteiger partial charge is 0.323 e. The number of ether oxygens (including phenoxy) is 1. The summed E-state index contributed by atoms with van der Waals surface area (Å²) in [5, 5.41) is 6.52. The van der Waals surface area contributed by atoms with Crippen LogP contribution in [0.25, 0.3) is 0 Å². The van der Waals surface area contributed by atoms with E-state index in [2.05, 4.69) is 53.3 Å². The van der Waals surface area contributed by atoms with Crippen LogP contribution in [-0.4, -0.2) is 33.6 Å². The zero-order chi connectivity index (χ0) is 15.8. The number of hydrogen-bond donors (Lipinski definition) is 2. The molecule has 1 aromatic rings. The first-order valence-electron chi connectivity index (χ1n) is 7.89. The minimum Gasteiger partial charge on any atom is -0.461 e. The molecule has 1 aromatic heterocycles. The van der Waals surface area contributed by atoms with E-state index < -0.39 is 0 Å². The molecule has 0 aliphatic rings. The zero-order valence-corrected chi connectivity index (χ0v) is 14.1. The molecule has 0 spiro atoms. The molecule has 0 saturated carbocycles. The van der Waals surface area contributed by atoms with Crippen molar-refractivity contribution < 1.29 is 4.74 Å². The van der Waals surface area contributed by atoms with Gasteiger partial charge in [-0.2, -0.15) is 15.0 Å². The maximum absolute atomic E-state index is 5.60. The highest BCUT2D eigenvalue weighted by atomic mass is 16.5. The summed E-state index contributed by atoms with van der Waals surface area (Å²) in [7, 11) is 0. The lowest BCUT2D eigenvalue weighted by molar-refractivity contribution is 0.222. The van der Waals surface area contributed by atoms with Crippen molar-refractivity contribution in [3.8, 4) is 6.01 Å². The third kappa shape index (κ3) is 6.14. The molecule has 0 bridgehead atoms. The van der Waals surface area contributed by atoms with Gasteiger partial charge in [-0.1, -0.05) is 27.2 Å². The molecule has 0 aliphatic carbocycles. The second-order valence-electron chi connectivity index (χ2n) is 5.68. The Balaban J connectivity index is 2.89.